The largest absolute Gasteiger partial charge is 0.352 e. The molecule has 2 aliphatic rings. The van der Waals surface area contributed by atoms with Crippen LogP contribution >= 0.6 is 0 Å². The van der Waals surface area contributed by atoms with Crippen molar-refractivity contribution in [2.75, 3.05) is 50.7 Å². The molecule has 8 heteroatoms. The molecule has 0 N–H and O–H groups in total. The summed E-state index contributed by atoms with van der Waals surface area (Å²) >= 11 is 0. The number of hydrogen-bond donors (Lipinski definition) is 0. The Labute approximate surface area is 147 Å². The van der Waals surface area contributed by atoms with E-state index in [1.165, 1.54) is 6.42 Å². The first-order valence-corrected chi connectivity index (χ1v) is 8.92. The Bertz CT molecular complexity index is 763. The van der Waals surface area contributed by atoms with Gasteiger partial charge in [-0.2, -0.15) is 4.52 Å². The first-order valence-electron chi connectivity index (χ1n) is 8.92. The number of piperazine rings is 1. The molecule has 0 aromatic carbocycles. The summed E-state index contributed by atoms with van der Waals surface area (Å²) in [6.07, 6.45) is 2.78. The predicted molar refractivity (Wildman–Crippen MR) is 94.4 cm³/mol. The molecule has 2 aromatic rings. The normalized spacial score (nSPS) is 21.2. The summed E-state index contributed by atoms with van der Waals surface area (Å²) in [5.41, 5.74) is 1.08. The second-order valence-corrected chi connectivity index (χ2v) is 7.82. The third-order valence-electron chi connectivity index (χ3n) is 5.22. The number of amides is 1. The molecule has 134 valence electrons. The van der Waals surface area contributed by atoms with Crippen LogP contribution in [0.2, 0.25) is 0 Å². The maximum absolute atomic E-state index is 12.6. The Morgan fingerprint density at radius 3 is 2.68 bits per heavy atom. The van der Waals surface area contributed by atoms with Gasteiger partial charge in [0.15, 0.2) is 5.65 Å². The summed E-state index contributed by atoms with van der Waals surface area (Å²) in [6, 6.07) is 3.88. The van der Waals surface area contributed by atoms with Gasteiger partial charge in [-0.15, -0.1) is 15.3 Å². The van der Waals surface area contributed by atoms with Crippen LogP contribution < -0.4 is 4.90 Å². The summed E-state index contributed by atoms with van der Waals surface area (Å²) in [7, 11) is 0. The monoisotopic (exact) mass is 343 g/mol. The van der Waals surface area contributed by atoms with E-state index in [9.17, 15) is 4.79 Å². The number of fused-ring (bicyclic) bond motifs is 1. The summed E-state index contributed by atoms with van der Waals surface area (Å²) in [5, 5.41) is 12.4. The van der Waals surface area contributed by atoms with Crippen molar-refractivity contribution in [2.45, 2.75) is 20.3 Å². The zero-order valence-electron chi connectivity index (χ0n) is 14.9. The number of aromatic nitrogens is 4. The molecule has 2 aliphatic heterocycles. The Morgan fingerprint density at radius 1 is 1.16 bits per heavy atom. The number of carbonyl (C=O) groups is 1. The third kappa shape index (κ3) is 3.44. The van der Waals surface area contributed by atoms with E-state index in [0.29, 0.717) is 12.0 Å². The van der Waals surface area contributed by atoms with Crippen LogP contribution in [0.25, 0.3) is 5.65 Å². The summed E-state index contributed by atoms with van der Waals surface area (Å²) in [4.78, 5) is 19.1. The number of carbonyl (C=O) groups excluding carboxylic acids is 1. The second kappa shape index (κ2) is 6.25. The van der Waals surface area contributed by atoms with Crippen LogP contribution in [0.3, 0.4) is 0 Å². The summed E-state index contributed by atoms with van der Waals surface area (Å²) < 4.78 is 1.68. The molecule has 4 heterocycles. The third-order valence-corrected chi connectivity index (χ3v) is 5.22. The van der Waals surface area contributed by atoms with Crippen molar-refractivity contribution in [2.24, 2.45) is 5.41 Å². The van der Waals surface area contributed by atoms with Crippen molar-refractivity contribution in [3.8, 4) is 0 Å². The molecular weight excluding hydrogens is 318 g/mol. The number of anilines is 1. The maximum atomic E-state index is 12.6. The minimum Gasteiger partial charge on any atom is -0.352 e. The number of nitrogens with zero attached hydrogens (tertiary/aromatic N) is 7. The minimum absolute atomic E-state index is 0.250. The average molecular weight is 343 g/mol. The van der Waals surface area contributed by atoms with Crippen LogP contribution in [-0.2, 0) is 4.79 Å². The molecule has 25 heavy (non-hydrogen) atoms. The van der Waals surface area contributed by atoms with E-state index in [1.807, 2.05) is 17.0 Å². The summed E-state index contributed by atoms with van der Waals surface area (Å²) in [5.74, 6) is 1.15. The van der Waals surface area contributed by atoms with Crippen molar-refractivity contribution in [1.29, 1.82) is 0 Å². The molecule has 4 rings (SSSR count). The lowest BCUT2D eigenvalue weighted by Crippen LogP contribution is -2.51. The standard InChI is InChI=1S/C17H25N7O/c1-17(2)5-6-21(12-17)11-16(25)23-9-7-22(8-10-23)15-4-3-14-19-18-13-24(14)20-15/h3-4,13H,5-12H2,1-2H3. The first-order chi connectivity index (χ1) is 12.0. The van der Waals surface area contributed by atoms with Crippen molar-refractivity contribution >= 4 is 17.4 Å². The molecule has 0 spiro atoms. The fourth-order valence-corrected chi connectivity index (χ4v) is 3.72. The highest BCUT2D eigenvalue weighted by Crippen LogP contribution is 2.28. The van der Waals surface area contributed by atoms with Gasteiger partial charge in [-0.25, -0.2) is 0 Å². The second-order valence-electron chi connectivity index (χ2n) is 7.82. The van der Waals surface area contributed by atoms with Crippen LogP contribution in [-0.4, -0.2) is 81.3 Å². The predicted octanol–water partition coefficient (Wildman–Crippen LogP) is 0.505. The highest BCUT2D eigenvalue weighted by Gasteiger charge is 2.31. The Morgan fingerprint density at radius 2 is 1.96 bits per heavy atom. The fraction of sp³-hybridized carbons (Fsp3) is 0.647. The average Bonchev–Trinajstić information content (AvgIpc) is 3.20. The van der Waals surface area contributed by atoms with E-state index in [1.54, 1.807) is 10.8 Å². The lowest BCUT2D eigenvalue weighted by atomic mass is 9.93. The van der Waals surface area contributed by atoms with E-state index >= 15 is 0 Å². The Balaban J connectivity index is 1.32. The Kier molecular flexibility index (Phi) is 4.07. The molecular formula is C17H25N7O. The van der Waals surface area contributed by atoms with Crippen molar-refractivity contribution in [3.05, 3.63) is 18.5 Å². The van der Waals surface area contributed by atoms with Gasteiger partial charge in [0.25, 0.3) is 0 Å². The number of hydrogen-bond acceptors (Lipinski definition) is 6. The molecule has 0 atom stereocenters. The molecule has 0 bridgehead atoms. The quantitative estimate of drug-likeness (QED) is 0.809. The van der Waals surface area contributed by atoms with Crippen LogP contribution in [0.15, 0.2) is 18.5 Å². The molecule has 2 saturated heterocycles. The first kappa shape index (κ1) is 16.3. The van der Waals surface area contributed by atoms with Crippen LogP contribution in [0.1, 0.15) is 20.3 Å². The maximum Gasteiger partial charge on any atom is 0.236 e. The lowest BCUT2D eigenvalue weighted by molar-refractivity contribution is -0.132. The number of likely N-dealkylation sites (tertiary alicyclic amines) is 1. The van der Waals surface area contributed by atoms with Crippen molar-refractivity contribution < 1.29 is 4.79 Å². The molecule has 0 unspecified atom stereocenters. The van der Waals surface area contributed by atoms with Gasteiger partial charge in [0.2, 0.25) is 5.91 Å². The van der Waals surface area contributed by atoms with Crippen molar-refractivity contribution in [1.82, 2.24) is 29.6 Å². The van der Waals surface area contributed by atoms with Gasteiger partial charge in [0.05, 0.1) is 6.54 Å². The van der Waals surface area contributed by atoms with Crippen molar-refractivity contribution in [3.63, 3.8) is 0 Å². The van der Waals surface area contributed by atoms with Gasteiger partial charge in [-0.05, 0) is 30.5 Å². The SMILES string of the molecule is CC1(C)CCN(CC(=O)N2CCN(c3ccc4nncn4n3)CC2)C1. The minimum atomic E-state index is 0.250. The van der Waals surface area contributed by atoms with E-state index in [4.69, 9.17) is 0 Å². The molecule has 2 aromatic heterocycles. The van der Waals surface area contributed by atoms with Gasteiger partial charge in [-0.3, -0.25) is 9.69 Å². The van der Waals surface area contributed by atoms with Gasteiger partial charge in [0, 0.05) is 32.7 Å². The van der Waals surface area contributed by atoms with Gasteiger partial charge >= 0.3 is 0 Å². The van der Waals surface area contributed by atoms with Gasteiger partial charge in [-0.1, -0.05) is 13.8 Å². The highest BCUT2D eigenvalue weighted by atomic mass is 16.2. The van der Waals surface area contributed by atoms with Gasteiger partial charge < -0.3 is 9.80 Å². The smallest absolute Gasteiger partial charge is 0.236 e. The summed E-state index contributed by atoms with van der Waals surface area (Å²) in [6.45, 7) is 10.2. The molecule has 8 nitrogen and oxygen atoms in total. The molecule has 0 aliphatic carbocycles. The fourth-order valence-electron chi connectivity index (χ4n) is 3.72. The Hall–Kier alpha value is -2.22. The molecule has 2 fully saturated rings. The number of rotatable bonds is 3. The topological polar surface area (TPSA) is 69.9 Å². The highest BCUT2D eigenvalue weighted by molar-refractivity contribution is 5.78. The van der Waals surface area contributed by atoms with E-state index in [0.717, 1.165) is 50.7 Å². The van der Waals surface area contributed by atoms with Crippen LogP contribution in [0.4, 0.5) is 5.82 Å². The zero-order chi connectivity index (χ0) is 17.4. The van der Waals surface area contributed by atoms with Crippen LogP contribution in [0, 0.1) is 5.41 Å². The molecule has 0 radical (unpaired) electrons. The van der Waals surface area contributed by atoms with E-state index in [-0.39, 0.29) is 5.91 Å². The van der Waals surface area contributed by atoms with E-state index < -0.39 is 0 Å². The van der Waals surface area contributed by atoms with E-state index in [2.05, 4.69) is 38.9 Å². The molecule has 0 saturated carbocycles. The van der Waals surface area contributed by atoms with Gasteiger partial charge in [0.1, 0.15) is 12.1 Å². The molecule has 1 amide bonds. The lowest BCUT2D eigenvalue weighted by Gasteiger charge is -2.36. The zero-order valence-corrected chi connectivity index (χ0v) is 14.9. The van der Waals surface area contributed by atoms with Crippen LogP contribution in [0.5, 0.6) is 0 Å².